The van der Waals surface area contributed by atoms with Crippen LogP contribution in [0.15, 0.2) is 22.7 Å². The van der Waals surface area contributed by atoms with Crippen molar-refractivity contribution in [1.82, 2.24) is 0 Å². The molecule has 0 bridgehead atoms. The lowest BCUT2D eigenvalue weighted by Crippen LogP contribution is -2.04. The second kappa shape index (κ2) is 8.54. The number of rotatable bonds is 8. The summed E-state index contributed by atoms with van der Waals surface area (Å²) in [5.41, 5.74) is 6.77. The van der Waals surface area contributed by atoms with Crippen LogP contribution < -0.4 is 10.5 Å². The molecule has 0 amide bonds. The summed E-state index contributed by atoms with van der Waals surface area (Å²) in [6.45, 7) is 3.52. The van der Waals surface area contributed by atoms with Gasteiger partial charge in [0.1, 0.15) is 5.75 Å². The maximum atomic E-state index is 5.78. The summed E-state index contributed by atoms with van der Waals surface area (Å²) < 4.78 is 6.81. The zero-order chi connectivity index (χ0) is 12.5. The van der Waals surface area contributed by atoms with Gasteiger partial charge in [-0.05, 0) is 18.6 Å². The zero-order valence-corrected chi connectivity index (χ0v) is 12.1. The van der Waals surface area contributed by atoms with Crippen molar-refractivity contribution in [3.63, 3.8) is 0 Å². The first-order chi connectivity index (χ1) is 8.29. The summed E-state index contributed by atoms with van der Waals surface area (Å²) in [6, 6.07) is 5.96. The molecule has 0 fully saturated rings. The molecule has 17 heavy (non-hydrogen) atoms. The molecule has 0 spiro atoms. The van der Waals surface area contributed by atoms with E-state index >= 15 is 0 Å². The third kappa shape index (κ3) is 5.09. The zero-order valence-electron chi connectivity index (χ0n) is 10.5. The van der Waals surface area contributed by atoms with E-state index in [0.29, 0.717) is 6.54 Å². The first-order valence-corrected chi connectivity index (χ1v) is 7.19. The van der Waals surface area contributed by atoms with Gasteiger partial charge in [0, 0.05) is 16.6 Å². The third-order valence-electron chi connectivity index (χ3n) is 2.79. The summed E-state index contributed by atoms with van der Waals surface area (Å²) in [5.74, 6) is 0.914. The maximum absolute atomic E-state index is 5.78. The molecule has 96 valence electrons. The van der Waals surface area contributed by atoms with Gasteiger partial charge in [0.15, 0.2) is 0 Å². The maximum Gasteiger partial charge on any atom is 0.124 e. The van der Waals surface area contributed by atoms with E-state index in [1.165, 1.54) is 25.7 Å². The van der Waals surface area contributed by atoms with Gasteiger partial charge in [-0.3, -0.25) is 0 Å². The van der Waals surface area contributed by atoms with Crippen LogP contribution >= 0.6 is 15.9 Å². The highest BCUT2D eigenvalue weighted by Crippen LogP contribution is 2.26. The van der Waals surface area contributed by atoms with Crippen molar-refractivity contribution < 1.29 is 4.74 Å². The molecule has 0 saturated carbocycles. The van der Waals surface area contributed by atoms with Crippen molar-refractivity contribution in [3.8, 4) is 5.75 Å². The second-order valence-electron chi connectivity index (χ2n) is 4.18. The highest BCUT2D eigenvalue weighted by molar-refractivity contribution is 9.10. The van der Waals surface area contributed by atoms with Crippen LogP contribution in [0.5, 0.6) is 5.75 Å². The van der Waals surface area contributed by atoms with Gasteiger partial charge >= 0.3 is 0 Å². The summed E-state index contributed by atoms with van der Waals surface area (Å²) in [5, 5.41) is 0. The molecular formula is C14H22BrNO. The summed E-state index contributed by atoms with van der Waals surface area (Å²) >= 11 is 3.49. The molecule has 1 aromatic carbocycles. The Morgan fingerprint density at radius 1 is 1.18 bits per heavy atom. The number of halogens is 1. The van der Waals surface area contributed by atoms with Crippen LogP contribution in [0.1, 0.15) is 44.6 Å². The Morgan fingerprint density at radius 3 is 2.65 bits per heavy atom. The van der Waals surface area contributed by atoms with E-state index in [4.69, 9.17) is 10.5 Å². The molecule has 0 saturated heterocycles. The Morgan fingerprint density at radius 2 is 1.94 bits per heavy atom. The van der Waals surface area contributed by atoms with Crippen molar-refractivity contribution in [3.05, 3.63) is 28.2 Å². The van der Waals surface area contributed by atoms with Gasteiger partial charge < -0.3 is 10.5 Å². The number of nitrogens with two attached hydrogens (primary N) is 1. The van der Waals surface area contributed by atoms with Crippen LogP contribution in [0.4, 0.5) is 0 Å². The standard InChI is InChI=1S/C14H22BrNO/c1-2-3-4-5-6-10-17-14-9-7-8-13(15)12(14)11-16/h7-9H,2-6,10-11,16H2,1H3. The van der Waals surface area contributed by atoms with Crippen LogP contribution in [-0.2, 0) is 6.54 Å². The Hall–Kier alpha value is -0.540. The quantitative estimate of drug-likeness (QED) is 0.728. The number of unbranched alkanes of at least 4 members (excludes halogenated alkanes) is 4. The Kier molecular flexibility index (Phi) is 7.29. The number of hydrogen-bond donors (Lipinski definition) is 1. The molecule has 1 aromatic rings. The second-order valence-corrected chi connectivity index (χ2v) is 5.04. The van der Waals surface area contributed by atoms with Gasteiger partial charge in [-0.1, -0.05) is 54.6 Å². The van der Waals surface area contributed by atoms with E-state index in [1.807, 2.05) is 18.2 Å². The number of benzene rings is 1. The summed E-state index contributed by atoms with van der Waals surface area (Å²) in [7, 11) is 0. The SMILES string of the molecule is CCCCCCCOc1cccc(Br)c1CN. The lowest BCUT2D eigenvalue weighted by molar-refractivity contribution is 0.301. The van der Waals surface area contributed by atoms with Crippen molar-refractivity contribution in [1.29, 1.82) is 0 Å². The minimum absolute atomic E-state index is 0.507. The molecule has 0 aliphatic heterocycles. The molecule has 0 aliphatic rings. The van der Waals surface area contributed by atoms with Crippen LogP contribution in [0.2, 0.25) is 0 Å². The fourth-order valence-corrected chi connectivity index (χ4v) is 2.27. The van der Waals surface area contributed by atoms with Crippen molar-refractivity contribution in [2.24, 2.45) is 5.73 Å². The normalized spacial score (nSPS) is 10.5. The molecular weight excluding hydrogens is 278 g/mol. The Bertz CT molecular complexity index is 328. The Balaban J connectivity index is 2.33. The molecule has 0 aliphatic carbocycles. The van der Waals surface area contributed by atoms with Crippen molar-refractivity contribution in [2.75, 3.05) is 6.61 Å². The predicted molar refractivity (Wildman–Crippen MR) is 76.3 cm³/mol. The van der Waals surface area contributed by atoms with E-state index < -0.39 is 0 Å². The molecule has 1 rings (SSSR count). The molecule has 0 atom stereocenters. The first kappa shape index (κ1) is 14.5. The molecule has 0 aromatic heterocycles. The topological polar surface area (TPSA) is 35.2 Å². The van der Waals surface area contributed by atoms with E-state index in [1.54, 1.807) is 0 Å². The minimum Gasteiger partial charge on any atom is -0.493 e. The average Bonchev–Trinajstić information content (AvgIpc) is 2.34. The van der Waals surface area contributed by atoms with E-state index in [9.17, 15) is 0 Å². The Labute approximate surface area is 113 Å². The average molecular weight is 300 g/mol. The fourth-order valence-electron chi connectivity index (χ4n) is 1.76. The smallest absolute Gasteiger partial charge is 0.124 e. The number of ether oxygens (including phenoxy) is 1. The molecule has 0 unspecified atom stereocenters. The molecule has 0 heterocycles. The summed E-state index contributed by atoms with van der Waals surface area (Å²) in [6.07, 6.45) is 6.28. The van der Waals surface area contributed by atoms with Gasteiger partial charge in [-0.25, -0.2) is 0 Å². The van der Waals surface area contributed by atoms with Crippen LogP contribution in [0, 0.1) is 0 Å². The van der Waals surface area contributed by atoms with E-state index in [0.717, 1.165) is 28.8 Å². The van der Waals surface area contributed by atoms with Crippen molar-refractivity contribution in [2.45, 2.75) is 45.6 Å². The van der Waals surface area contributed by atoms with Crippen molar-refractivity contribution >= 4 is 15.9 Å². The minimum atomic E-state index is 0.507. The monoisotopic (exact) mass is 299 g/mol. The largest absolute Gasteiger partial charge is 0.493 e. The lowest BCUT2D eigenvalue weighted by atomic mass is 10.1. The van der Waals surface area contributed by atoms with Gasteiger partial charge in [0.05, 0.1) is 6.61 Å². The van der Waals surface area contributed by atoms with E-state index in [-0.39, 0.29) is 0 Å². The molecule has 0 radical (unpaired) electrons. The molecule has 2 N–H and O–H groups in total. The summed E-state index contributed by atoms with van der Waals surface area (Å²) in [4.78, 5) is 0. The first-order valence-electron chi connectivity index (χ1n) is 6.39. The van der Waals surface area contributed by atoms with Gasteiger partial charge in [-0.2, -0.15) is 0 Å². The van der Waals surface area contributed by atoms with E-state index in [2.05, 4.69) is 22.9 Å². The van der Waals surface area contributed by atoms with Gasteiger partial charge in [0.25, 0.3) is 0 Å². The third-order valence-corrected chi connectivity index (χ3v) is 3.53. The molecule has 3 heteroatoms. The number of hydrogen-bond acceptors (Lipinski definition) is 2. The van der Waals surface area contributed by atoms with Gasteiger partial charge in [0.2, 0.25) is 0 Å². The lowest BCUT2D eigenvalue weighted by Gasteiger charge is -2.11. The van der Waals surface area contributed by atoms with Gasteiger partial charge in [-0.15, -0.1) is 0 Å². The highest BCUT2D eigenvalue weighted by Gasteiger charge is 2.05. The van der Waals surface area contributed by atoms with Crippen LogP contribution in [0.3, 0.4) is 0 Å². The fraction of sp³-hybridized carbons (Fsp3) is 0.571. The van der Waals surface area contributed by atoms with Crippen LogP contribution in [0.25, 0.3) is 0 Å². The predicted octanol–water partition coefficient (Wildman–Crippen LogP) is 4.26. The molecule has 2 nitrogen and oxygen atoms in total. The van der Waals surface area contributed by atoms with Crippen LogP contribution in [-0.4, -0.2) is 6.61 Å². The highest BCUT2D eigenvalue weighted by atomic mass is 79.9.